The molecule has 0 amide bonds. The topological polar surface area (TPSA) is 35.2 Å². The first-order valence-electron chi connectivity index (χ1n) is 3.32. The van der Waals surface area contributed by atoms with Gasteiger partial charge in [0.25, 0.3) is 0 Å². The van der Waals surface area contributed by atoms with Crippen molar-refractivity contribution in [2.24, 2.45) is 11.1 Å². The van der Waals surface area contributed by atoms with E-state index in [1.165, 1.54) is 0 Å². The van der Waals surface area contributed by atoms with Crippen LogP contribution in [0, 0.1) is 5.41 Å². The molecule has 0 saturated carbocycles. The van der Waals surface area contributed by atoms with E-state index >= 15 is 0 Å². The average molecular weight is 129 g/mol. The van der Waals surface area contributed by atoms with Crippen molar-refractivity contribution in [2.75, 3.05) is 13.2 Å². The van der Waals surface area contributed by atoms with Crippen molar-refractivity contribution in [1.29, 1.82) is 0 Å². The van der Waals surface area contributed by atoms with Crippen molar-refractivity contribution in [3.05, 3.63) is 0 Å². The molecule has 0 unspecified atom stereocenters. The van der Waals surface area contributed by atoms with Gasteiger partial charge in [0.05, 0.1) is 13.2 Å². The van der Waals surface area contributed by atoms with E-state index in [1.807, 2.05) is 0 Å². The van der Waals surface area contributed by atoms with E-state index in [2.05, 4.69) is 20.8 Å². The van der Waals surface area contributed by atoms with Crippen LogP contribution < -0.4 is 5.73 Å². The molecule has 0 aromatic carbocycles. The van der Waals surface area contributed by atoms with E-state index in [-0.39, 0.29) is 11.0 Å². The molecule has 9 heavy (non-hydrogen) atoms. The molecule has 1 saturated heterocycles. The minimum absolute atomic E-state index is 0.0920. The maximum atomic E-state index is 5.90. The van der Waals surface area contributed by atoms with Crippen molar-refractivity contribution in [1.82, 2.24) is 0 Å². The zero-order valence-electron chi connectivity index (χ0n) is 6.40. The lowest BCUT2D eigenvalue weighted by atomic mass is 9.72. The van der Waals surface area contributed by atoms with Crippen LogP contribution in [0.1, 0.15) is 20.8 Å². The third-order valence-corrected chi connectivity index (χ3v) is 2.40. The second-order valence-electron chi connectivity index (χ2n) is 3.78. The Labute approximate surface area is 56.4 Å². The van der Waals surface area contributed by atoms with E-state index in [1.54, 1.807) is 0 Å². The second kappa shape index (κ2) is 1.70. The first-order chi connectivity index (χ1) is 3.96. The smallest absolute Gasteiger partial charge is 0.0559 e. The Morgan fingerprint density at radius 3 is 1.89 bits per heavy atom. The maximum absolute atomic E-state index is 5.90. The Morgan fingerprint density at radius 2 is 1.89 bits per heavy atom. The fourth-order valence-corrected chi connectivity index (χ4v) is 0.780. The highest BCUT2D eigenvalue weighted by atomic mass is 16.5. The Balaban J connectivity index is 2.59. The Morgan fingerprint density at radius 1 is 1.44 bits per heavy atom. The van der Waals surface area contributed by atoms with Gasteiger partial charge in [0.1, 0.15) is 0 Å². The van der Waals surface area contributed by atoms with Crippen molar-refractivity contribution in [3.8, 4) is 0 Å². The summed E-state index contributed by atoms with van der Waals surface area (Å²) in [5, 5.41) is 0. The van der Waals surface area contributed by atoms with Crippen molar-refractivity contribution in [3.63, 3.8) is 0 Å². The third-order valence-electron chi connectivity index (χ3n) is 2.40. The van der Waals surface area contributed by atoms with Crippen LogP contribution in [0.5, 0.6) is 0 Å². The maximum Gasteiger partial charge on any atom is 0.0559 e. The molecule has 1 heterocycles. The largest absolute Gasteiger partial charge is 0.380 e. The highest BCUT2D eigenvalue weighted by Crippen LogP contribution is 2.35. The van der Waals surface area contributed by atoms with Crippen molar-refractivity contribution < 1.29 is 4.74 Å². The molecule has 1 aliphatic heterocycles. The van der Waals surface area contributed by atoms with E-state index in [0.717, 1.165) is 13.2 Å². The summed E-state index contributed by atoms with van der Waals surface area (Å²) in [7, 11) is 0. The molecular weight excluding hydrogens is 114 g/mol. The second-order valence-corrected chi connectivity index (χ2v) is 3.78. The molecule has 2 heteroatoms. The standard InChI is InChI=1S/C7H15NO/c1-6(2,8)7(3)4-9-5-7/h4-5,8H2,1-3H3. The Hall–Kier alpha value is -0.0800. The molecule has 2 N–H and O–H groups in total. The number of rotatable bonds is 1. The van der Waals surface area contributed by atoms with Gasteiger partial charge in [-0.15, -0.1) is 0 Å². The number of nitrogens with two attached hydrogens (primary N) is 1. The normalized spacial score (nSPS) is 25.3. The molecule has 0 atom stereocenters. The monoisotopic (exact) mass is 129 g/mol. The van der Waals surface area contributed by atoms with E-state index in [9.17, 15) is 0 Å². The lowest BCUT2D eigenvalue weighted by Gasteiger charge is -2.47. The van der Waals surface area contributed by atoms with Gasteiger partial charge in [0.15, 0.2) is 0 Å². The zero-order valence-corrected chi connectivity index (χ0v) is 6.40. The number of hydrogen-bond donors (Lipinski definition) is 1. The van der Waals surface area contributed by atoms with Gasteiger partial charge in [-0.1, -0.05) is 6.92 Å². The van der Waals surface area contributed by atoms with Crippen LogP contribution in [-0.2, 0) is 4.74 Å². The molecule has 1 aliphatic rings. The quantitative estimate of drug-likeness (QED) is 0.567. The van der Waals surface area contributed by atoms with E-state index in [0.29, 0.717) is 0 Å². The summed E-state index contributed by atoms with van der Waals surface area (Å²) < 4.78 is 5.08. The van der Waals surface area contributed by atoms with E-state index in [4.69, 9.17) is 10.5 Å². The number of hydrogen-bond acceptors (Lipinski definition) is 2. The fourth-order valence-electron chi connectivity index (χ4n) is 0.780. The lowest BCUT2D eigenvalue weighted by molar-refractivity contribution is -0.135. The highest BCUT2D eigenvalue weighted by Gasteiger charge is 2.44. The average Bonchev–Trinajstić information content (AvgIpc) is 1.57. The summed E-state index contributed by atoms with van der Waals surface area (Å²) in [6, 6.07) is 0. The van der Waals surface area contributed by atoms with Gasteiger partial charge in [-0.3, -0.25) is 0 Å². The third kappa shape index (κ3) is 0.970. The van der Waals surface area contributed by atoms with Crippen LogP contribution in [0.4, 0.5) is 0 Å². The van der Waals surface area contributed by atoms with Gasteiger partial charge in [0, 0.05) is 11.0 Å². The Kier molecular flexibility index (Phi) is 1.33. The summed E-state index contributed by atoms with van der Waals surface area (Å²) in [4.78, 5) is 0. The summed E-state index contributed by atoms with van der Waals surface area (Å²) >= 11 is 0. The molecule has 0 aromatic rings. The van der Waals surface area contributed by atoms with Crippen LogP contribution >= 0.6 is 0 Å². The minimum atomic E-state index is -0.0920. The SMILES string of the molecule is CC(C)(N)C1(C)COC1. The van der Waals surface area contributed by atoms with Gasteiger partial charge >= 0.3 is 0 Å². The van der Waals surface area contributed by atoms with Crippen LogP contribution in [0.25, 0.3) is 0 Å². The Bertz CT molecular complexity index is 111. The van der Waals surface area contributed by atoms with Gasteiger partial charge in [-0.05, 0) is 13.8 Å². The molecule has 0 aliphatic carbocycles. The summed E-state index contributed by atoms with van der Waals surface area (Å²) in [5.74, 6) is 0. The molecule has 54 valence electrons. The van der Waals surface area contributed by atoms with Gasteiger partial charge in [-0.25, -0.2) is 0 Å². The summed E-state index contributed by atoms with van der Waals surface area (Å²) in [5.41, 5.74) is 6.02. The first kappa shape index (κ1) is 7.03. The first-order valence-corrected chi connectivity index (χ1v) is 3.32. The van der Waals surface area contributed by atoms with Crippen molar-refractivity contribution in [2.45, 2.75) is 26.3 Å². The molecule has 1 rings (SSSR count). The van der Waals surface area contributed by atoms with Crippen molar-refractivity contribution >= 4 is 0 Å². The van der Waals surface area contributed by atoms with Crippen LogP contribution in [0.2, 0.25) is 0 Å². The van der Waals surface area contributed by atoms with E-state index < -0.39 is 0 Å². The summed E-state index contributed by atoms with van der Waals surface area (Å²) in [6.07, 6.45) is 0. The van der Waals surface area contributed by atoms with Gasteiger partial charge < -0.3 is 10.5 Å². The molecular formula is C7H15NO. The van der Waals surface area contributed by atoms with Gasteiger partial charge in [0.2, 0.25) is 0 Å². The highest BCUT2D eigenvalue weighted by molar-refractivity contribution is 4.97. The lowest BCUT2D eigenvalue weighted by Crippen LogP contribution is -2.59. The molecule has 1 fully saturated rings. The van der Waals surface area contributed by atoms with Crippen LogP contribution in [-0.4, -0.2) is 18.8 Å². The summed E-state index contributed by atoms with van der Waals surface area (Å²) in [6.45, 7) is 7.90. The fraction of sp³-hybridized carbons (Fsp3) is 1.00. The molecule has 0 spiro atoms. The predicted molar refractivity (Wildman–Crippen MR) is 37.2 cm³/mol. The zero-order chi connectivity index (χ0) is 7.12. The predicted octanol–water partition coefficient (Wildman–Crippen LogP) is 0.760. The van der Waals surface area contributed by atoms with Crippen LogP contribution in [0.15, 0.2) is 0 Å². The van der Waals surface area contributed by atoms with Gasteiger partial charge in [-0.2, -0.15) is 0 Å². The molecule has 0 bridgehead atoms. The molecule has 2 nitrogen and oxygen atoms in total. The molecule has 0 radical (unpaired) electrons. The minimum Gasteiger partial charge on any atom is -0.380 e. The van der Waals surface area contributed by atoms with Crippen LogP contribution in [0.3, 0.4) is 0 Å². The molecule has 0 aromatic heterocycles. The number of ether oxygens (including phenoxy) is 1.